The lowest BCUT2D eigenvalue weighted by Crippen LogP contribution is -2.10. The maximum atomic E-state index is 12.1. The number of carboxylic acid groups (broad SMARTS) is 1. The first-order valence-corrected chi connectivity index (χ1v) is 8.47. The number of carbonyl (C=O) groups excluding carboxylic acids is 1. The number of carbonyl (C=O) groups is 2. The summed E-state index contributed by atoms with van der Waals surface area (Å²) in [5, 5.41) is 13.9. The Morgan fingerprint density at radius 1 is 0.960 bits per heavy atom. The summed E-state index contributed by atoms with van der Waals surface area (Å²) in [6.45, 7) is 0. The van der Waals surface area contributed by atoms with Crippen LogP contribution in [0.1, 0.15) is 15.9 Å². The Bertz CT molecular complexity index is 915. The maximum absolute atomic E-state index is 12.1. The molecule has 4 nitrogen and oxygen atoms in total. The summed E-state index contributed by atoms with van der Waals surface area (Å²) >= 11 is 1.29. The fraction of sp³-hybridized carbons (Fsp3) is 0. The van der Waals surface area contributed by atoms with E-state index in [-0.39, 0.29) is 11.5 Å². The fourth-order valence-electron chi connectivity index (χ4n) is 2.37. The van der Waals surface area contributed by atoms with Gasteiger partial charge in [-0.1, -0.05) is 60.7 Å². The van der Waals surface area contributed by atoms with Crippen LogP contribution in [-0.4, -0.2) is 17.0 Å². The zero-order chi connectivity index (χ0) is 17.6. The SMILES string of the molecule is O=C(/C=C/c1ccccc1)Nc1csc(-c2ccccc2)c1C(=O)O. The smallest absolute Gasteiger partial charge is 0.339 e. The first-order valence-electron chi connectivity index (χ1n) is 7.59. The number of carboxylic acids is 1. The second kappa shape index (κ2) is 7.59. The number of aromatic carboxylic acids is 1. The predicted octanol–water partition coefficient (Wildman–Crippen LogP) is 4.77. The van der Waals surface area contributed by atoms with Gasteiger partial charge in [-0.25, -0.2) is 4.79 Å². The topological polar surface area (TPSA) is 66.4 Å². The van der Waals surface area contributed by atoms with Crippen LogP contribution in [0.3, 0.4) is 0 Å². The number of thiophene rings is 1. The van der Waals surface area contributed by atoms with Gasteiger partial charge in [0.25, 0.3) is 0 Å². The Morgan fingerprint density at radius 2 is 1.60 bits per heavy atom. The number of nitrogens with one attached hydrogen (secondary N) is 1. The van der Waals surface area contributed by atoms with Crippen molar-refractivity contribution in [1.29, 1.82) is 0 Å². The monoisotopic (exact) mass is 349 g/mol. The number of benzene rings is 2. The van der Waals surface area contributed by atoms with Gasteiger partial charge >= 0.3 is 5.97 Å². The third kappa shape index (κ3) is 4.02. The normalized spacial score (nSPS) is 10.7. The molecule has 2 N–H and O–H groups in total. The molecular weight excluding hydrogens is 334 g/mol. The first kappa shape index (κ1) is 16.7. The highest BCUT2D eigenvalue weighted by Gasteiger charge is 2.20. The summed E-state index contributed by atoms with van der Waals surface area (Å²) in [7, 11) is 0. The Balaban J connectivity index is 1.83. The van der Waals surface area contributed by atoms with Crippen molar-refractivity contribution < 1.29 is 14.7 Å². The molecule has 0 aliphatic rings. The van der Waals surface area contributed by atoms with Crippen molar-refractivity contribution in [2.45, 2.75) is 0 Å². The van der Waals surface area contributed by atoms with Crippen molar-refractivity contribution in [3.05, 3.63) is 83.2 Å². The third-order valence-electron chi connectivity index (χ3n) is 3.53. The second-order valence-corrected chi connectivity index (χ2v) is 6.14. The van der Waals surface area contributed by atoms with Gasteiger partial charge in [-0.3, -0.25) is 4.79 Å². The summed E-state index contributed by atoms with van der Waals surface area (Å²) in [5.41, 5.74) is 2.12. The highest BCUT2D eigenvalue weighted by Crippen LogP contribution is 2.35. The van der Waals surface area contributed by atoms with Gasteiger partial charge in [0, 0.05) is 11.5 Å². The number of hydrogen-bond donors (Lipinski definition) is 2. The molecule has 1 aromatic heterocycles. The van der Waals surface area contributed by atoms with E-state index in [0.29, 0.717) is 10.6 Å². The van der Waals surface area contributed by atoms with E-state index < -0.39 is 5.97 Å². The molecular formula is C20H15NO3S. The van der Waals surface area contributed by atoms with Crippen molar-refractivity contribution in [1.82, 2.24) is 0 Å². The average Bonchev–Trinajstić information content (AvgIpc) is 3.05. The van der Waals surface area contributed by atoms with Crippen LogP contribution in [0.4, 0.5) is 5.69 Å². The van der Waals surface area contributed by atoms with E-state index in [0.717, 1.165) is 11.1 Å². The molecule has 0 atom stereocenters. The minimum atomic E-state index is -1.07. The third-order valence-corrected chi connectivity index (χ3v) is 4.55. The van der Waals surface area contributed by atoms with E-state index in [9.17, 15) is 14.7 Å². The second-order valence-electron chi connectivity index (χ2n) is 5.26. The van der Waals surface area contributed by atoms with Gasteiger partial charge < -0.3 is 10.4 Å². The van der Waals surface area contributed by atoms with Gasteiger partial charge in [-0.15, -0.1) is 11.3 Å². The molecule has 0 saturated heterocycles. The molecule has 1 heterocycles. The van der Waals surface area contributed by atoms with Crippen LogP contribution in [0.15, 0.2) is 72.1 Å². The van der Waals surface area contributed by atoms with Gasteiger partial charge in [-0.2, -0.15) is 0 Å². The number of rotatable bonds is 5. The van der Waals surface area contributed by atoms with Crippen molar-refractivity contribution >= 4 is 35.0 Å². The van der Waals surface area contributed by atoms with Crippen molar-refractivity contribution in [2.24, 2.45) is 0 Å². The van der Waals surface area contributed by atoms with E-state index in [1.807, 2.05) is 60.7 Å². The molecule has 124 valence electrons. The summed E-state index contributed by atoms with van der Waals surface area (Å²) in [6.07, 6.45) is 3.07. The lowest BCUT2D eigenvalue weighted by Gasteiger charge is -2.04. The summed E-state index contributed by atoms with van der Waals surface area (Å²) in [6, 6.07) is 18.7. The Hall–Kier alpha value is -3.18. The molecule has 0 radical (unpaired) electrons. The maximum Gasteiger partial charge on any atom is 0.339 e. The van der Waals surface area contributed by atoms with Crippen LogP contribution in [0.25, 0.3) is 16.5 Å². The minimum Gasteiger partial charge on any atom is -0.478 e. The molecule has 2 aromatic carbocycles. The molecule has 3 rings (SSSR count). The lowest BCUT2D eigenvalue weighted by molar-refractivity contribution is -0.111. The van der Waals surface area contributed by atoms with Gasteiger partial charge in [0.2, 0.25) is 5.91 Å². The first-order chi connectivity index (χ1) is 12.1. The van der Waals surface area contributed by atoms with Crippen LogP contribution in [0.5, 0.6) is 0 Å². The molecule has 0 unspecified atom stereocenters. The molecule has 25 heavy (non-hydrogen) atoms. The molecule has 0 fully saturated rings. The fourth-order valence-corrected chi connectivity index (χ4v) is 3.37. The minimum absolute atomic E-state index is 0.109. The summed E-state index contributed by atoms with van der Waals surface area (Å²) < 4.78 is 0. The van der Waals surface area contributed by atoms with Crippen molar-refractivity contribution in [3.63, 3.8) is 0 Å². The van der Waals surface area contributed by atoms with Crippen LogP contribution in [-0.2, 0) is 4.79 Å². The van der Waals surface area contributed by atoms with Gasteiger partial charge in [0.15, 0.2) is 0 Å². The van der Waals surface area contributed by atoms with E-state index >= 15 is 0 Å². The van der Waals surface area contributed by atoms with Crippen molar-refractivity contribution in [2.75, 3.05) is 5.32 Å². The number of hydrogen-bond acceptors (Lipinski definition) is 3. The predicted molar refractivity (Wildman–Crippen MR) is 101 cm³/mol. The van der Waals surface area contributed by atoms with Crippen LogP contribution in [0, 0.1) is 0 Å². The molecule has 0 spiro atoms. The van der Waals surface area contributed by atoms with Crippen LogP contribution in [0.2, 0.25) is 0 Å². The van der Waals surface area contributed by atoms with Gasteiger partial charge in [0.1, 0.15) is 5.56 Å². The molecule has 3 aromatic rings. The Labute approximate surface area is 149 Å². The highest BCUT2D eigenvalue weighted by atomic mass is 32.1. The van der Waals surface area contributed by atoms with Crippen LogP contribution >= 0.6 is 11.3 Å². The van der Waals surface area contributed by atoms with Crippen molar-refractivity contribution in [3.8, 4) is 10.4 Å². The molecule has 0 aliphatic heterocycles. The quantitative estimate of drug-likeness (QED) is 0.652. The van der Waals surface area contributed by atoms with Crippen LogP contribution < -0.4 is 5.32 Å². The molecule has 0 bridgehead atoms. The van der Waals surface area contributed by atoms with E-state index in [4.69, 9.17) is 0 Å². The zero-order valence-corrected chi connectivity index (χ0v) is 14.0. The molecule has 5 heteroatoms. The zero-order valence-electron chi connectivity index (χ0n) is 13.2. The standard InChI is InChI=1S/C20H15NO3S/c22-17(12-11-14-7-3-1-4-8-14)21-16-13-25-19(18(16)20(23)24)15-9-5-2-6-10-15/h1-13H,(H,21,22)(H,23,24)/b12-11+. The van der Waals surface area contributed by atoms with Gasteiger partial charge in [-0.05, 0) is 17.2 Å². The summed E-state index contributed by atoms with van der Waals surface area (Å²) in [4.78, 5) is 24.4. The molecule has 1 amide bonds. The highest BCUT2D eigenvalue weighted by molar-refractivity contribution is 7.14. The lowest BCUT2D eigenvalue weighted by atomic mass is 10.1. The number of anilines is 1. The van der Waals surface area contributed by atoms with E-state index in [2.05, 4.69) is 5.32 Å². The number of amides is 1. The van der Waals surface area contributed by atoms with E-state index in [1.165, 1.54) is 17.4 Å². The molecule has 0 saturated carbocycles. The largest absolute Gasteiger partial charge is 0.478 e. The Kier molecular flexibility index (Phi) is 5.06. The van der Waals surface area contributed by atoms with Gasteiger partial charge in [0.05, 0.1) is 10.6 Å². The summed E-state index contributed by atoms with van der Waals surface area (Å²) in [5.74, 6) is -1.44. The van der Waals surface area contributed by atoms with E-state index in [1.54, 1.807) is 11.5 Å². The molecule has 0 aliphatic carbocycles. The Morgan fingerprint density at radius 3 is 2.24 bits per heavy atom. The average molecular weight is 349 g/mol.